The van der Waals surface area contributed by atoms with Crippen LogP contribution < -0.4 is 5.06 Å². The van der Waals surface area contributed by atoms with Gasteiger partial charge in [-0.2, -0.15) is 5.06 Å². The third-order valence-corrected chi connectivity index (χ3v) is 3.34. The lowest BCUT2D eigenvalue weighted by molar-refractivity contribution is -0.385. The number of halogens is 4. The van der Waals surface area contributed by atoms with Gasteiger partial charge in [0.2, 0.25) is 5.15 Å². The topological polar surface area (TPSA) is 119 Å². The fraction of sp³-hybridized carbons (Fsp3) is 0.0833. The van der Waals surface area contributed by atoms with Gasteiger partial charge < -0.3 is 4.74 Å². The van der Waals surface area contributed by atoms with E-state index in [-0.39, 0.29) is 37.1 Å². The second-order valence-electron chi connectivity index (χ2n) is 3.93. The van der Waals surface area contributed by atoms with Gasteiger partial charge in [-0.25, -0.2) is 14.8 Å². The minimum atomic E-state index is -0.962. The molecule has 0 fully saturated rings. The van der Waals surface area contributed by atoms with Crippen molar-refractivity contribution in [3.8, 4) is 0 Å². The van der Waals surface area contributed by atoms with Gasteiger partial charge in [-0.1, -0.05) is 46.4 Å². The molecule has 2 heterocycles. The van der Waals surface area contributed by atoms with E-state index < -0.39 is 11.0 Å². The van der Waals surface area contributed by atoms with Crippen molar-refractivity contribution in [1.29, 1.82) is 0 Å². The average molecular weight is 430 g/mol. The summed E-state index contributed by atoms with van der Waals surface area (Å²) in [7, 11) is 1.13. The number of rotatable bonds is 2. The molecule has 1 N–H and O–H groups in total. The zero-order valence-corrected chi connectivity index (χ0v) is 15.2. The number of methoxy groups -OCH3 is 1. The van der Waals surface area contributed by atoms with Gasteiger partial charge >= 0.3 is 11.8 Å². The van der Waals surface area contributed by atoms with Crippen LogP contribution in [0, 0.1) is 10.1 Å². The number of nitro groups is 1. The molecule has 0 aliphatic rings. The summed E-state index contributed by atoms with van der Waals surface area (Å²) in [4.78, 5) is 27.6. The van der Waals surface area contributed by atoms with E-state index in [2.05, 4.69) is 14.7 Å². The third kappa shape index (κ3) is 6.15. The first-order valence-corrected chi connectivity index (χ1v) is 7.54. The van der Waals surface area contributed by atoms with E-state index >= 15 is 0 Å². The number of carbonyl (C=O) groups is 1. The van der Waals surface area contributed by atoms with E-state index in [4.69, 9.17) is 46.4 Å². The molecular formula is C12H8Cl4N4O5. The number of pyridine rings is 2. The normalized spacial score (nSPS) is 9.68. The first kappa shape index (κ1) is 21.1. The Hall–Kier alpha value is -1.91. The van der Waals surface area contributed by atoms with Gasteiger partial charge in [0.05, 0.1) is 12.0 Å². The van der Waals surface area contributed by atoms with Crippen molar-refractivity contribution in [3.63, 3.8) is 0 Å². The largest absolute Gasteiger partial charge is 0.451 e. The SMILES string of the molecule is COC(=O)N(O)c1ccc(Cl)nc1Cl.O=[N+]([O-])c1ccc(Cl)nc1Cl. The molecule has 0 aromatic carbocycles. The molecule has 2 rings (SSSR count). The predicted octanol–water partition coefficient (Wildman–Crippen LogP) is 4.65. The highest BCUT2D eigenvalue weighted by molar-refractivity contribution is 6.34. The zero-order valence-electron chi connectivity index (χ0n) is 12.2. The summed E-state index contributed by atoms with van der Waals surface area (Å²) in [6.07, 6.45) is -0.962. The summed E-state index contributed by atoms with van der Waals surface area (Å²) in [5.41, 5.74) is -0.237. The molecule has 0 saturated carbocycles. The molecule has 2 aromatic heterocycles. The Morgan fingerprint density at radius 1 is 1.12 bits per heavy atom. The molecule has 0 aliphatic heterocycles. The fourth-order valence-corrected chi connectivity index (χ4v) is 2.13. The zero-order chi connectivity index (χ0) is 19.1. The summed E-state index contributed by atoms with van der Waals surface area (Å²) in [6, 6.07) is 5.24. The molecule has 1 amide bonds. The van der Waals surface area contributed by atoms with Crippen molar-refractivity contribution < 1.29 is 19.7 Å². The number of anilines is 1. The van der Waals surface area contributed by atoms with Gasteiger partial charge in [0.15, 0.2) is 5.15 Å². The van der Waals surface area contributed by atoms with Crippen LogP contribution in [0.3, 0.4) is 0 Å². The first-order valence-electron chi connectivity index (χ1n) is 6.02. The number of amides is 1. The number of ether oxygens (including phenoxy) is 1. The van der Waals surface area contributed by atoms with Crippen molar-refractivity contribution >= 4 is 63.9 Å². The molecule has 0 aliphatic carbocycles. The number of nitrogens with zero attached hydrogens (tertiary/aromatic N) is 4. The Morgan fingerprint density at radius 3 is 2.08 bits per heavy atom. The Bertz CT molecular complexity index is 792. The Labute approximate surface area is 160 Å². The van der Waals surface area contributed by atoms with Crippen molar-refractivity contribution in [2.45, 2.75) is 0 Å². The van der Waals surface area contributed by atoms with Gasteiger partial charge in [-0.15, -0.1) is 0 Å². The minimum Gasteiger partial charge on any atom is -0.451 e. The lowest BCUT2D eigenvalue weighted by atomic mass is 10.4. The molecule has 2 aromatic rings. The molecule has 0 saturated heterocycles. The van der Waals surface area contributed by atoms with E-state index in [1.807, 2.05) is 0 Å². The van der Waals surface area contributed by atoms with Crippen LogP contribution in [-0.4, -0.2) is 33.3 Å². The van der Waals surface area contributed by atoms with Crippen molar-refractivity contribution in [2.24, 2.45) is 0 Å². The van der Waals surface area contributed by atoms with Crippen LogP contribution in [0.5, 0.6) is 0 Å². The van der Waals surface area contributed by atoms with Crippen molar-refractivity contribution in [3.05, 3.63) is 55.0 Å². The summed E-state index contributed by atoms with van der Waals surface area (Å²) in [5, 5.41) is 19.7. The highest BCUT2D eigenvalue weighted by Gasteiger charge is 2.17. The van der Waals surface area contributed by atoms with Gasteiger partial charge in [0.25, 0.3) is 0 Å². The molecule has 0 radical (unpaired) electrons. The predicted molar refractivity (Wildman–Crippen MR) is 91.8 cm³/mol. The molecule has 25 heavy (non-hydrogen) atoms. The minimum absolute atomic E-state index is 0.00270. The standard InChI is InChI=1S/C7H6Cl2N2O3.C5H2Cl2N2O2/c1-14-7(12)11(13)4-2-3-5(8)10-6(4)9;6-4-2-1-3(9(10)11)5(7)8-4/h2-3,13H,1H3;1-2H. The number of hydroxylamine groups is 1. The van der Waals surface area contributed by atoms with Crippen LogP contribution in [0.2, 0.25) is 20.6 Å². The van der Waals surface area contributed by atoms with Gasteiger partial charge in [-0.3, -0.25) is 15.3 Å². The van der Waals surface area contributed by atoms with Gasteiger partial charge in [0, 0.05) is 6.07 Å². The molecular weight excluding hydrogens is 422 g/mol. The second-order valence-corrected chi connectivity index (χ2v) is 5.42. The van der Waals surface area contributed by atoms with E-state index in [0.717, 1.165) is 7.11 Å². The van der Waals surface area contributed by atoms with Gasteiger partial charge in [-0.05, 0) is 18.2 Å². The van der Waals surface area contributed by atoms with Crippen LogP contribution in [-0.2, 0) is 4.74 Å². The van der Waals surface area contributed by atoms with Crippen LogP contribution in [0.25, 0.3) is 0 Å². The number of hydrogen-bond acceptors (Lipinski definition) is 7. The summed E-state index contributed by atoms with van der Waals surface area (Å²) in [5.74, 6) is 0. The number of aromatic nitrogens is 2. The van der Waals surface area contributed by atoms with Crippen LogP contribution in [0.15, 0.2) is 24.3 Å². The Balaban J connectivity index is 0.000000257. The quantitative estimate of drug-likeness (QED) is 0.319. The van der Waals surface area contributed by atoms with E-state index in [1.165, 1.54) is 24.3 Å². The summed E-state index contributed by atoms with van der Waals surface area (Å²) >= 11 is 21.9. The van der Waals surface area contributed by atoms with Crippen LogP contribution in [0.1, 0.15) is 0 Å². The van der Waals surface area contributed by atoms with Crippen LogP contribution >= 0.6 is 46.4 Å². The lowest BCUT2D eigenvalue weighted by Crippen LogP contribution is -2.27. The molecule has 0 atom stereocenters. The number of carbonyl (C=O) groups excluding carboxylic acids is 1. The molecule has 134 valence electrons. The fourth-order valence-electron chi connectivity index (χ4n) is 1.29. The second kappa shape index (κ2) is 9.54. The monoisotopic (exact) mass is 428 g/mol. The highest BCUT2D eigenvalue weighted by Crippen LogP contribution is 2.25. The molecule has 0 bridgehead atoms. The molecule has 9 nitrogen and oxygen atoms in total. The summed E-state index contributed by atoms with van der Waals surface area (Å²) in [6.45, 7) is 0. The van der Waals surface area contributed by atoms with Crippen molar-refractivity contribution in [1.82, 2.24) is 9.97 Å². The maximum Gasteiger partial charge on any atom is 0.438 e. The first-order chi connectivity index (χ1) is 11.7. The molecule has 0 spiro atoms. The maximum absolute atomic E-state index is 10.9. The Kier molecular flexibility index (Phi) is 8.07. The highest BCUT2D eigenvalue weighted by atomic mass is 35.5. The smallest absolute Gasteiger partial charge is 0.438 e. The lowest BCUT2D eigenvalue weighted by Gasteiger charge is -2.13. The summed E-state index contributed by atoms with van der Waals surface area (Å²) < 4.78 is 4.27. The van der Waals surface area contributed by atoms with E-state index in [0.29, 0.717) is 0 Å². The Morgan fingerprint density at radius 2 is 1.64 bits per heavy atom. The van der Waals surface area contributed by atoms with E-state index in [1.54, 1.807) is 0 Å². The number of hydrogen-bond donors (Lipinski definition) is 1. The van der Waals surface area contributed by atoms with Crippen LogP contribution in [0.4, 0.5) is 16.2 Å². The van der Waals surface area contributed by atoms with Crippen molar-refractivity contribution in [2.75, 3.05) is 12.2 Å². The average Bonchev–Trinajstić information content (AvgIpc) is 2.53. The molecule has 0 unspecified atom stereocenters. The van der Waals surface area contributed by atoms with Gasteiger partial charge in [0.1, 0.15) is 16.0 Å². The molecule has 13 heteroatoms. The maximum atomic E-state index is 10.9. The third-order valence-electron chi connectivity index (χ3n) is 2.36. The van der Waals surface area contributed by atoms with E-state index in [9.17, 15) is 20.1 Å².